The van der Waals surface area contributed by atoms with E-state index in [2.05, 4.69) is 5.32 Å². The number of halogens is 2. The predicted octanol–water partition coefficient (Wildman–Crippen LogP) is 2.61. The Hall–Kier alpha value is -0.970. The molecule has 0 spiro atoms. The van der Waals surface area contributed by atoms with Crippen molar-refractivity contribution in [3.63, 3.8) is 0 Å². The number of nitrogens with two attached hydrogens (primary N) is 1. The van der Waals surface area contributed by atoms with Gasteiger partial charge in [-0.3, -0.25) is 4.79 Å². The first-order valence-corrected chi connectivity index (χ1v) is 6.63. The maximum absolute atomic E-state index is 11.8. The molecule has 0 aliphatic carbocycles. The van der Waals surface area contributed by atoms with Crippen LogP contribution >= 0.6 is 23.2 Å². The number of hydrogen-bond donors (Lipinski definition) is 2. The fourth-order valence-electron chi connectivity index (χ4n) is 1.27. The normalized spacial score (nSPS) is 12.9. The molecular formula is C13H18Cl2N2O2. The summed E-state index contributed by atoms with van der Waals surface area (Å²) in [6.07, 6.45) is -0.666. The van der Waals surface area contributed by atoms with Crippen molar-refractivity contribution in [2.45, 2.75) is 32.4 Å². The highest BCUT2D eigenvalue weighted by molar-refractivity contribution is 6.35. The number of carbonyl (C=O) groups is 1. The van der Waals surface area contributed by atoms with E-state index in [9.17, 15) is 4.79 Å². The van der Waals surface area contributed by atoms with Gasteiger partial charge in [-0.25, -0.2) is 0 Å². The molecule has 0 aromatic heterocycles. The van der Waals surface area contributed by atoms with Gasteiger partial charge in [-0.2, -0.15) is 0 Å². The lowest BCUT2D eigenvalue weighted by Gasteiger charge is -2.21. The first-order chi connectivity index (χ1) is 8.69. The number of nitrogens with one attached hydrogen (secondary N) is 1. The van der Waals surface area contributed by atoms with Gasteiger partial charge in [-0.15, -0.1) is 0 Å². The van der Waals surface area contributed by atoms with E-state index in [-0.39, 0.29) is 5.91 Å². The maximum Gasteiger partial charge on any atom is 0.260 e. The molecule has 1 atom stereocenters. The van der Waals surface area contributed by atoms with Gasteiger partial charge in [0, 0.05) is 17.1 Å². The van der Waals surface area contributed by atoms with Crippen LogP contribution in [0.15, 0.2) is 18.2 Å². The Morgan fingerprint density at radius 2 is 2.11 bits per heavy atom. The lowest BCUT2D eigenvalue weighted by Crippen LogP contribution is -2.48. The lowest BCUT2D eigenvalue weighted by atomic mass is 10.1. The minimum atomic E-state index is -0.666. The monoisotopic (exact) mass is 304 g/mol. The van der Waals surface area contributed by atoms with E-state index < -0.39 is 11.6 Å². The van der Waals surface area contributed by atoms with Gasteiger partial charge in [-0.1, -0.05) is 23.2 Å². The van der Waals surface area contributed by atoms with Gasteiger partial charge in [-0.05, 0) is 39.0 Å². The summed E-state index contributed by atoms with van der Waals surface area (Å²) in [6.45, 7) is 5.67. The summed E-state index contributed by atoms with van der Waals surface area (Å²) in [5.41, 5.74) is 5.32. The van der Waals surface area contributed by atoms with E-state index in [4.69, 9.17) is 33.7 Å². The van der Waals surface area contributed by atoms with Crippen molar-refractivity contribution < 1.29 is 9.53 Å². The molecule has 19 heavy (non-hydrogen) atoms. The van der Waals surface area contributed by atoms with E-state index in [0.717, 1.165) is 0 Å². The average Bonchev–Trinajstić information content (AvgIpc) is 2.28. The Morgan fingerprint density at radius 3 is 2.63 bits per heavy atom. The molecule has 106 valence electrons. The standard InChI is InChI=1S/C13H18Cl2N2O2/c1-8(12(18)17-7-13(2,3)16)19-11-5-4-9(14)6-10(11)15/h4-6,8H,7,16H2,1-3H3,(H,17,18). The Balaban J connectivity index is 2.59. The van der Waals surface area contributed by atoms with Gasteiger partial charge in [0.25, 0.3) is 5.91 Å². The number of hydrogen-bond acceptors (Lipinski definition) is 3. The number of rotatable bonds is 5. The predicted molar refractivity (Wildman–Crippen MR) is 77.8 cm³/mol. The smallest absolute Gasteiger partial charge is 0.260 e. The molecule has 3 N–H and O–H groups in total. The zero-order valence-electron chi connectivity index (χ0n) is 11.2. The quantitative estimate of drug-likeness (QED) is 0.879. The zero-order chi connectivity index (χ0) is 14.6. The second-order valence-corrected chi connectivity index (χ2v) is 5.88. The summed E-state index contributed by atoms with van der Waals surface area (Å²) < 4.78 is 5.48. The SMILES string of the molecule is CC(Oc1ccc(Cl)cc1Cl)C(=O)NCC(C)(C)N. The molecule has 1 unspecified atom stereocenters. The van der Waals surface area contributed by atoms with E-state index in [0.29, 0.717) is 22.3 Å². The first kappa shape index (κ1) is 16.1. The molecular weight excluding hydrogens is 287 g/mol. The van der Waals surface area contributed by atoms with Gasteiger partial charge >= 0.3 is 0 Å². The number of benzene rings is 1. The maximum atomic E-state index is 11.8. The van der Waals surface area contributed by atoms with Crippen LogP contribution in [0.4, 0.5) is 0 Å². The summed E-state index contributed by atoms with van der Waals surface area (Å²) in [5.74, 6) is 0.172. The van der Waals surface area contributed by atoms with Gasteiger partial charge in [0.1, 0.15) is 5.75 Å². The van der Waals surface area contributed by atoms with Gasteiger partial charge in [0.2, 0.25) is 0 Å². The highest BCUT2D eigenvalue weighted by Crippen LogP contribution is 2.28. The van der Waals surface area contributed by atoms with Crippen LogP contribution in [0.2, 0.25) is 10.0 Å². The van der Waals surface area contributed by atoms with Gasteiger partial charge < -0.3 is 15.8 Å². The summed E-state index contributed by atoms with van der Waals surface area (Å²) in [5, 5.41) is 3.60. The molecule has 1 aromatic carbocycles. The average molecular weight is 305 g/mol. The summed E-state index contributed by atoms with van der Waals surface area (Å²) in [6, 6.07) is 4.84. The Kier molecular flexibility index (Phi) is 5.47. The topological polar surface area (TPSA) is 64.3 Å². The fourth-order valence-corrected chi connectivity index (χ4v) is 1.73. The van der Waals surface area contributed by atoms with Crippen LogP contribution < -0.4 is 15.8 Å². The molecule has 1 aromatic rings. The molecule has 6 heteroatoms. The van der Waals surface area contributed by atoms with Crippen LogP contribution in [-0.4, -0.2) is 24.1 Å². The zero-order valence-corrected chi connectivity index (χ0v) is 12.7. The number of carbonyl (C=O) groups excluding carboxylic acids is 1. The molecule has 0 heterocycles. The lowest BCUT2D eigenvalue weighted by molar-refractivity contribution is -0.127. The fraction of sp³-hybridized carbons (Fsp3) is 0.462. The van der Waals surface area contributed by atoms with Gasteiger partial charge in [0.15, 0.2) is 6.10 Å². The second-order valence-electron chi connectivity index (χ2n) is 5.04. The number of amides is 1. The van der Waals surface area contributed by atoms with E-state index in [1.54, 1.807) is 25.1 Å². The minimum Gasteiger partial charge on any atom is -0.479 e. The molecule has 4 nitrogen and oxygen atoms in total. The third-order valence-electron chi connectivity index (χ3n) is 2.29. The van der Waals surface area contributed by atoms with Crippen LogP contribution in [-0.2, 0) is 4.79 Å². The van der Waals surface area contributed by atoms with E-state index >= 15 is 0 Å². The highest BCUT2D eigenvalue weighted by atomic mass is 35.5. The van der Waals surface area contributed by atoms with Crippen LogP contribution in [0.5, 0.6) is 5.75 Å². The Labute approximate surface area is 123 Å². The van der Waals surface area contributed by atoms with E-state index in [1.807, 2.05) is 13.8 Å². The van der Waals surface area contributed by atoms with Gasteiger partial charge in [0.05, 0.1) is 5.02 Å². The largest absolute Gasteiger partial charge is 0.479 e. The minimum absolute atomic E-state index is 0.246. The molecule has 0 fully saturated rings. The van der Waals surface area contributed by atoms with Crippen LogP contribution in [0.25, 0.3) is 0 Å². The molecule has 0 bridgehead atoms. The van der Waals surface area contributed by atoms with Crippen molar-refractivity contribution in [1.29, 1.82) is 0 Å². The Morgan fingerprint density at radius 1 is 1.47 bits per heavy atom. The summed E-state index contributed by atoms with van der Waals surface area (Å²) in [7, 11) is 0. The molecule has 0 saturated carbocycles. The van der Waals surface area contributed by atoms with Crippen molar-refractivity contribution >= 4 is 29.1 Å². The molecule has 1 rings (SSSR count). The molecule has 0 saturated heterocycles. The van der Waals surface area contributed by atoms with Crippen LogP contribution in [0.1, 0.15) is 20.8 Å². The van der Waals surface area contributed by atoms with Crippen molar-refractivity contribution in [2.75, 3.05) is 6.54 Å². The van der Waals surface area contributed by atoms with Crippen molar-refractivity contribution in [3.8, 4) is 5.75 Å². The van der Waals surface area contributed by atoms with Crippen LogP contribution in [0.3, 0.4) is 0 Å². The summed E-state index contributed by atoms with van der Waals surface area (Å²) in [4.78, 5) is 11.8. The second kappa shape index (κ2) is 6.46. The third kappa shape index (κ3) is 5.68. The third-order valence-corrected chi connectivity index (χ3v) is 2.82. The van der Waals surface area contributed by atoms with Crippen molar-refractivity contribution in [3.05, 3.63) is 28.2 Å². The first-order valence-electron chi connectivity index (χ1n) is 5.87. The number of ether oxygens (including phenoxy) is 1. The molecule has 0 aliphatic rings. The highest BCUT2D eigenvalue weighted by Gasteiger charge is 2.19. The Bertz CT molecular complexity index is 458. The van der Waals surface area contributed by atoms with Crippen molar-refractivity contribution in [2.24, 2.45) is 5.73 Å². The van der Waals surface area contributed by atoms with E-state index in [1.165, 1.54) is 0 Å². The molecule has 0 radical (unpaired) electrons. The van der Waals surface area contributed by atoms with Crippen molar-refractivity contribution in [1.82, 2.24) is 5.32 Å². The molecule has 1 amide bonds. The molecule has 0 aliphatic heterocycles. The summed E-state index contributed by atoms with van der Waals surface area (Å²) >= 11 is 11.7. The van der Waals surface area contributed by atoms with Crippen LogP contribution in [0, 0.1) is 0 Å².